The van der Waals surface area contributed by atoms with Crippen molar-refractivity contribution in [3.8, 4) is 0 Å². The van der Waals surface area contributed by atoms with Crippen LogP contribution in [0.1, 0.15) is 32.8 Å². The molecule has 1 aromatic rings. The van der Waals surface area contributed by atoms with Crippen LogP contribution in [-0.4, -0.2) is 59.8 Å². The van der Waals surface area contributed by atoms with Crippen LogP contribution >= 0.6 is 0 Å². The van der Waals surface area contributed by atoms with Crippen molar-refractivity contribution in [3.05, 3.63) is 35.9 Å². The predicted molar refractivity (Wildman–Crippen MR) is 101 cm³/mol. The molecule has 1 aromatic carbocycles. The molecule has 2 aliphatic rings. The molecule has 4 atom stereocenters. The number of hydrogen-bond acceptors (Lipinski definition) is 6. The summed E-state index contributed by atoms with van der Waals surface area (Å²) in [6.07, 6.45) is -0.594. The number of ether oxygens (including phenoxy) is 3. The van der Waals surface area contributed by atoms with E-state index in [-0.39, 0.29) is 12.6 Å². The third-order valence-electron chi connectivity index (χ3n) is 5.89. The van der Waals surface area contributed by atoms with E-state index in [1.165, 1.54) is 0 Å². The number of imide groups is 1. The van der Waals surface area contributed by atoms with Gasteiger partial charge in [-0.2, -0.15) is 0 Å². The molecule has 2 aliphatic heterocycles. The minimum absolute atomic E-state index is 0.156. The lowest BCUT2D eigenvalue weighted by Crippen LogP contribution is -2.51. The van der Waals surface area contributed by atoms with Crippen molar-refractivity contribution in [1.82, 2.24) is 4.90 Å². The van der Waals surface area contributed by atoms with Gasteiger partial charge in [-0.3, -0.25) is 4.79 Å². The second-order valence-electron chi connectivity index (χ2n) is 7.56. The van der Waals surface area contributed by atoms with Crippen LogP contribution in [0, 0.1) is 11.8 Å². The molecule has 0 unspecified atom stereocenters. The Morgan fingerprint density at radius 1 is 1.25 bits per heavy atom. The van der Waals surface area contributed by atoms with Gasteiger partial charge in [-0.15, -0.1) is 0 Å². The fraction of sp³-hybridized carbons (Fsp3) is 0.619. The zero-order chi connectivity index (χ0) is 20.3. The van der Waals surface area contributed by atoms with Crippen LogP contribution in [0.4, 0.5) is 4.79 Å². The van der Waals surface area contributed by atoms with Gasteiger partial charge in [0, 0.05) is 5.92 Å². The first-order chi connectivity index (χ1) is 13.4. The lowest BCUT2D eigenvalue weighted by Gasteiger charge is -2.37. The summed E-state index contributed by atoms with van der Waals surface area (Å²) in [5, 5.41) is 10.9. The lowest BCUT2D eigenvalue weighted by molar-refractivity contribution is -0.218. The first-order valence-corrected chi connectivity index (χ1v) is 9.89. The van der Waals surface area contributed by atoms with E-state index < -0.39 is 35.7 Å². The van der Waals surface area contributed by atoms with Gasteiger partial charge >= 0.3 is 6.09 Å². The Morgan fingerprint density at radius 3 is 2.50 bits per heavy atom. The van der Waals surface area contributed by atoms with Gasteiger partial charge in [0.25, 0.3) is 0 Å². The summed E-state index contributed by atoms with van der Waals surface area (Å²) in [7, 11) is 0. The number of aliphatic hydroxyl groups is 1. The van der Waals surface area contributed by atoms with Crippen molar-refractivity contribution in [2.45, 2.75) is 51.5 Å². The molecule has 2 fully saturated rings. The molecule has 2 saturated heterocycles. The lowest BCUT2D eigenvalue weighted by atomic mass is 9.85. The Labute approximate surface area is 165 Å². The SMILES string of the molecule is CCC1([C@@H](C)[C@H](O)[C@@H](C)C(=O)N2C(=O)OC[C@H]2Cc2ccccc2)OCCO1. The van der Waals surface area contributed by atoms with Crippen molar-refractivity contribution in [1.29, 1.82) is 0 Å². The molecule has 1 N–H and O–H groups in total. The monoisotopic (exact) mass is 391 g/mol. The van der Waals surface area contributed by atoms with Crippen LogP contribution in [0.2, 0.25) is 0 Å². The standard InChI is InChI=1S/C21H29NO6/c1-4-21(27-10-11-28-21)15(3)18(23)14(2)19(24)22-17(13-26-20(22)25)12-16-8-6-5-7-9-16/h5-9,14-15,17-18,23H,4,10-13H2,1-3H3/t14-,15+,17-,18-/m1/s1. The minimum Gasteiger partial charge on any atom is -0.447 e. The van der Waals surface area contributed by atoms with Crippen LogP contribution in [-0.2, 0) is 25.4 Å². The van der Waals surface area contributed by atoms with Gasteiger partial charge < -0.3 is 19.3 Å². The number of rotatable bonds is 7. The molecule has 28 heavy (non-hydrogen) atoms. The van der Waals surface area contributed by atoms with Gasteiger partial charge in [0.2, 0.25) is 5.91 Å². The van der Waals surface area contributed by atoms with Crippen LogP contribution in [0.25, 0.3) is 0 Å². The molecule has 0 bridgehead atoms. The minimum atomic E-state index is -1.02. The Hall–Kier alpha value is -1.96. The number of cyclic esters (lactones) is 1. The first kappa shape index (κ1) is 20.8. The van der Waals surface area contributed by atoms with E-state index in [9.17, 15) is 14.7 Å². The molecule has 0 spiro atoms. The Kier molecular flexibility index (Phi) is 6.37. The van der Waals surface area contributed by atoms with E-state index in [4.69, 9.17) is 14.2 Å². The average molecular weight is 391 g/mol. The second kappa shape index (κ2) is 8.59. The zero-order valence-electron chi connectivity index (χ0n) is 16.7. The fourth-order valence-corrected chi connectivity index (χ4v) is 4.09. The van der Waals surface area contributed by atoms with E-state index >= 15 is 0 Å². The van der Waals surface area contributed by atoms with Gasteiger partial charge in [0.1, 0.15) is 6.61 Å². The molecule has 0 radical (unpaired) electrons. The van der Waals surface area contributed by atoms with E-state index in [1.54, 1.807) is 6.92 Å². The van der Waals surface area contributed by atoms with Crippen molar-refractivity contribution in [3.63, 3.8) is 0 Å². The number of benzene rings is 1. The summed E-state index contributed by atoms with van der Waals surface area (Å²) in [5.41, 5.74) is 1.02. The second-order valence-corrected chi connectivity index (χ2v) is 7.56. The maximum atomic E-state index is 13.1. The van der Waals surface area contributed by atoms with Crippen LogP contribution in [0.15, 0.2) is 30.3 Å². The molecule has 3 rings (SSSR count). The van der Waals surface area contributed by atoms with Crippen molar-refractivity contribution < 1.29 is 28.9 Å². The van der Waals surface area contributed by atoms with Crippen LogP contribution in [0.3, 0.4) is 0 Å². The van der Waals surface area contributed by atoms with E-state index in [2.05, 4.69) is 0 Å². The summed E-state index contributed by atoms with van der Waals surface area (Å²) in [6.45, 7) is 6.45. The largest absolute Gasteiger partial charge is 0.447 e. The molecule has 7 heteroatoms. The number of nitrogens with zero attached hydrogens (tertiary/aromatic N) is 1. The third kappa shape index (κ3) is 3.92. The van der Waals surface area contributed by atoms with E-state index in [0.717, 1.165) is 10.5 Å². The highest BCUT2D eigenvalue weighted by atomic mass is 16.7. The van der Waals surface area contributed by atoms with Gasteiger partial charge in [-0.25, -0.2) is 9.69 Å². The zero-order valence-corrected chi connectivity index (χ0v) is 16.7. The molecule has 2 heterocycles. The molecular formula is C21H29NO6. The van der Waals surface area contributed by atoms with Crippen molar-refractivity contribution in [2.75, 3.05) is 19.8 Å². The molecule has 7 nitrogen and oxygen atoms in total. The summed E-state index contributed by atoms with van der Waals surface area (Å²) in [4.78, 5) is 26.5. The maximum absolute atomic E-state index is 13.1. The number of aliphatic hydroxyl groups excluding tert-OH is 1. The predicted octanol–water partition coefficient (Wildman–Crippen LogP) is 2.36. The normalized spacial score (nSPS) is 24.6. The number of carbonyl (C=O) groups excluding carboxylic acids is 2. The third-order valence-corrected chi connectivity index (χ3v) is 5.89. The average Bonchev–Trinajstić information content (AvgIpc) is 3.34. The van der Waals surface area contributed by atoms with Gasteiger partial charge in [0.15, 0.2) is 5.79 Å². The van der Waals surface area contributed by atoms with Gasteiger partial charge in [-0.1, -0.05) is 51.1 Å². The molecule has 2 amide bonds. The topological polar surface area (TPSA) is 85.3 Å². The number of hydrogen-bond donors (Lipinski definition) is 1. The Morgan fingerprint density at radius 2 is 1.89 bits per heavy atom. The first-order valence-electron chi connectivity index (χ1n) is 9.89. The maximum Gasteiger partial charge on any atom is 0.416 e. The van der Waals surface area contributed by atoms with Crippen LogP contribution < -0.4 is 0 Å². The molecule has 0 aliphatic carbocycles. The van der Waals surface area contributed by atoms with Gasteiger partial charge in [-0.05, 0) is 18.4 Å². The number of carbonyl (C=O) groups is 2. The van der Waals surface area contributed by atoms with Crippen molar-refractivity contribution in [2.24, 2.45) is 11.8 Å². The highest BCUT2D eigenvalue weighted by Crippen LogP contribution is 2.36. The van der Waals surface area contributed by atoms with E-state index in [1.807, 2.05) is 44.2 Å². The highest BCUT2D eigenvalue weighted by Gasteiger charge is 2.48. The molecule has 154 valence electrons. The number of amides is 2. The molecule has 0 saturated carbocycles. The summed E-state index contributed by atoms with van der Waals surface area (Å²) < 4.78 is 16.6. The Balaban J connectivity index is 1.72. The smallest absolute Gasteiger partial charge is 0.416 e. The highest BCUT2D eigenvalue weighted by molar-refractivity contribution is 5.95. The molecule has 0 aromatic heterocycles. The quantitative estimate of drug-likeness (QED) is 0.768. The molecular weight excluding hydrogens is 362 g/mol. The van der Waals surface area contributed by atoms with E-state index in [0.29, 0.717) is 26.1 Å². The Bertz CT molecular complexity index is 687. The van der Waals surface area contributed by atoms with Gasteiger partial charge in [0.05, 0.1) is 31.3 Å². The van der Waals surface area contributed by atoms with Crippen LogP contribution in [0.5, 0.6) is 0 Å². The fourth-order valence-electron chi connectivity index (χ4n) is 4.09. The summed E-state index contributed by atoms with van der Waals surface area (Å²) in [6, 6.07) is 9.26. The summed E-state index contributed by atoms with van der Waals surface area (Å²) >= 11 is 0. The van der Waals surface area contributed by atoms with Crippen molar-refractivity contribution >= 4 is 12.0 Å². The summed E-state index contributed by atoms with van der Waals surface area (Å²) in [5.74, 6) is -2.56.